The van der Waals surface area contributed by atoms with Crippen molar-refractivity contribution in [2.75, 3.05) is 13.1 Å². The van der Waals surface area contributed by atoms with E-state index in [2.05, 4.69) is 10.6 Å². The van der Waals surface area contributed by atoms with Crippen LogP contribution in [0.3, 0.4) is 0 Å². The van der Waals surface area contributed by atoms with E-state index in [1.165, 1.54) is 0 Å². The lowest BCUT2D eigenvalue weighted by Crippen LogP contribution is -2.39. The molecule has 1 amide bonds. The maximum atomic E-state index is 11.6. The largest absolute Gasteiger partial charge is 0.391 e. The third kappa shape index (κ3) is 2.96. The fraction of sp³-hybridized carbons (Fsp3) is 0.900. The molecule has 0 aromatic rings. The van der Waals surface area contributed by atoms with Gasteiger partial charge >= 0.3 is 0 Å². The van der Waals surface area contributed by atoms with E-state index >= 15 is 0 Å². The summed E-state index contributed by atoms with van der Waals surface area (Å²) in [5, 5.41) is 15.3. The van der Waals surface area contributed by atoms with Crippen molar-refractivity contribution in [3.8, 4) is 0 Å². The van der Waals surface area contributed by atoms with Crippen LogP contribution in [0.15, 0.2) is 0 Å². The molecule has 3 atom stereocenters. The molecule has 1 fully saturated rings. The monoisotopic (exact) mass is 200 g/mol. The molecule has 1 rings (SSSR count). The minimum absolute atomic E-state index is 0.0648. The van der Waals surface area contributed by atoms with Gasteiger partial charge in [0.25, 0.3) is 0 Å². The van der Waals surface area contributed by atoms with Gasteiger partial charge < -0.3 is 15.7 Å². The Balaban J connectivity index is 2.27. The summed E-state index contributed by atoms with van der Waals surface area (Å²) in [6.45, 7) is 5.21. The molecule has 0 aromatic heterocycles. The first kappa shape index (κ1) is 11.5. The Bertz CT molecular complexity index is 197. The SMILES string of the molecule is CCC(O)CNC(=O)C1CCNC1C. The molecule has 14 heavy (non-hydrogen) atoms. The van der Waals surface area contributed by atoms with Crippen molar-refractivity contribution in [3.05, 3.63) is 0 Å². The topological polar surface area (TPSA) is 61.4 Å². The highest BCUT2D eigenvalue weighted by Crippen LogP contribution is 2.14. The molecule has 82 valence electrons. The van der Waals surface area contributed by atoms with Crippen LogP contribution in [0.1, 0.15) is 26.7 Å². The molecule has 3 N–H and O–H groups in total. The summed E-state index contributed by atoms with van der Waals surface area (Å²) in [5.74, 6) is 0.133. The number of hydrogen-bond donors (Lipinski definition) is 3. The zero-order valence-electron chi connectivity index (χ0n) is 8.92. The number of aliphatic hydroxyl groups is 1. The van der Waals surface area contributed by atoms with Gasteiger partial charge in [0.15, 0.2) is 0 Å². The lowest BCUT2D eigenvalue weighted by Gasteiger charge is -2.16. The van der Waals surface area contributed by atoms with Crippen molar-refractivity contribution in [2.24, 2.45) is 5.92 Å². The Morgan fingerprint density at radius 1 is 1.71 bits per heavy atom. The van der Waals surface area contributed by atoms with Crippen molar-refractivity contribution >= 4 is 5.91 Å². The quantitative estimate of drug-likeness (QED) is 0.592. The van der Waals surface area contributed by atoms with Crippen LogP contribution in [-0.2, 0) is 4.79 Å². The number of amides is 1. The van der Waals surface area contributed by atoms with Gasteiger partial charge in [-0.3, -0.25) is 4.79 Å². The van der Waals surface area contributed by atoms with E-state index in [1.807, 2.05) is 13.8 Å². The van der Waals surface area contributed by atoms with Gasteiger partial charge in [0.1, 0.15) is 0 Å². The van der Waals surface area contributed by atoms with Gasteiger partial charge in [0.05, 0.1) is 12.0 Å². The van der Waals surface area contributed by atoms with Crippen molar-refractivity contribution in [2.45, 2.75) is 38.8 Å². The summed E-state index contributed by atoms with van der Waals surface area (Å²) >= 11 is 0. The summed E-state index contributed by atoms with van der Waals surface area (Å²) in [5.41, 5.74) is 0. The fourth-order valence-corrected chi connectivity index (χ4v) is 1.71. The van der Waals surface area contributed by atoms with Crippen LogP contribution in [0.5, 0.6) is 0 Å². The van der Waals surface area contributed by atoms with Crippen molar-refractivity contribution in [1.82, 2.24) is 10.6 Å². The van der Waals surface area contributed by atoms with Gasteiger partial charge in [-0.05, 0) is 26.3 Å². The smallest absolute Gasteiger partial charge is 0.224 e. The third-order valence-corrected chi connectivity index (χ3v) is 2.85. The first-order chi connectivity index (χ1) is 6.65. The van der Waals surface area contributed by atoms with Crippen LogP contribution < -0.4 is 10.6 Å². The number of nitrogens with one attached hydrogen (secondary N) is 2. The summed E-state index contributed by atoms with van der Waals surface area (Å²) in [4.78, 5) is 11.6. The van der Waals surface area contributed by atoms with Crippen LogP contribution in [0.2, 0.25) is 0 Å². The molecule has 0 aliphatic carbocycles. The standard InChI is InChI=1S/C10H20N2O2/c1-3-8(13)6-12-10(14)9-4-5-11-7(9)2/h7-9,11,13H,3-6H2,1-2H3,(H,12,14). The molecule has 0 spiro atoms. The maximum Gasteiger partial charge on any atom is 0.224 e. The Hall–Kier alpha value is -0.610. The predicted octanol–water partition coefficient (Wildman–Crippen LogP) is -0.128. The van der Waals surface area contributed by atoms with E-state index in [9.17, 15) is 9.90 Å². The maximum absolute atomic E-state index is 11.6. The average Bonchev–Trinajstić information content (AvgIpc) is 2.60. The summed E-state index contributed by atoms with van der Waals surface area (Å²) in [7, 11) is 0. The van der Waals surface area contributed by atoms with Crippen molar-refractivity contribution in [1.29, 1.82) is 0 Å². The van der Waals surface area contributed by atoms with Gasteiger partial charge in [-0.15, -0.1) is 0 Å². The molecule has 4 heteroatoms. The molecule has 1 aliphatic heterocycles. The van der Waals surface area contributed by atoms with Crippen LogP contribution in [-0.4, -0.2) is 36.2 Å². The second-order valence-corrected chi connectivity index (χ2v) is 3.95. The number of carbonyl (C=O) groups is 1. The summed E-state index contributed by atoms with van der Waals surface area (Å²) in [6.07, 6.45) is 1.16. The van der Waals surface area contributed by atoms with Gasteiger partial charge in [0, 0.05) is 12.6 Å². The zero-order valence-corrected chi connectivity index (χ0v) is 8.92. The molecule has 0 aromatic carbocycles. The molecule has 4 nitrogen and oxygen atoms in total. The van der Waals surface area contributed by atoms with Crippen LogP contribution >= 0.6 is 0 Å². The second kappa shape index (κ2) is 5.32. The molecular formula is C10H20N2O2. The molecular weight excluding hydrogens is 180 g/mol. The lowest BCUT2D eigenvalue weighted by atomic mass is 10.0. The third-order valence-electron chi connectivity index (χ3n) is 2.85. The predicted molar refractivity (Wildman–Crippen MR) is 54.9 cm³/mol. The van der Waals surface area contributed by atoms with Crippen molar-refractivity contribution in [3.63, 3.8) is 0 Å². The lowest BCUT2D eigenvalue weighted by molar-refractivity contribution is -0.125. The Labute approximate surface area is 85.1 Å². The Morgan fingerprint density at radius 3 is 2.93 bits per heavy atom. The molecule has 0 saturated carbocycles. The number of carbonyl (C=O) groups excluding carboxylic acids is 1. The highest BCUT2D eigenvalue weighted by molar-refractivity contribution is 5.79. The normalized spacial score (nSPS) is 28.8. The highest BCUT2D eigenvalue weighted by Gasteiger charge is 2.29. The molecule has 1 heterocycles. The molecule has 0 bridgehead atoms. The van der Waals surface area contributed by atoms with Gasteiger partial charge in [-0.25, -0.2) is 0 Å². The Kier molecular flexibility index (Phi) is 4.35. The Morgan fingerprint density at radius 2 is 2.43 bits per heavy atom. The van der Waals surface area contributed by atoms with E-state index in [1.54, 1.807) is 0 Å². The van der Waals surface area contributed by atoms with Gasteiger partial charge in [-0.2, -0.15) is 0 Å². The van der Waals surface area contributed by atoms with Crippen LogP contribution in [0.4, 0.5) is 0 Å². The van der Waals surface area contributed by atoms with Gasteiger partial charge in [-0.1, -0.05) is 6.92 Å². The van der Waals surface area contributed by atoms with Crippen LogP contribution in [0, 0.1) is 5.92 Å². The van der Waals surface area contributed by atoms with E-state index in [-0.39, 0.29) is 17.9 Å². The first-order valence-corrected chi connectivity index (χ1v) is 5.34. The minimum atomic E-state index is -0.413. The molecule has 0 radical (unpaired) electrons. The zero-order chi connectivity index (χ0) is 10.6. The first-order valence-electron chi connectivity index (χ1n) is 5.34. The number of aliphatic hydroxyl groups excluding tert-OH is 1. The van der Waals surface area contributed by atoms with Crippen molar-refractivity contribution < 1.29 is 9.90 Å². The average molecular weight is 200 g/mol. The van der Waals surface area contributed by atoms with E-state index in [0.717, 1.165) is 13.0 Å². The van der Waals surface area contributed by atoms with Crippen LogP contribution in [0.25, 0.3) is 0 Å². The minimum Gasteiger partial charge on any atom is -0.391 e. The van der Waals surface area contributed by atoms with Gasteiger partial charge in [0.2, 0.25) is 5.91 Å². The second-order valence-electron chi connectivity index (χ2n) is 3.95. The van der Waals surface area contributed by atoms with E-state index in [0.29, 0.717) is 13.0 Å². The number of hydrogen-bond acceptors (Lipinski definition) is 3. The summed E-state index contributed by atoms with van der Waals surface area (Å²) < 4.78 is 0. The van der Waals surface area contributed by atoms with E-state index in [4.69, 9.17) is 0 Å². The van der Waals surface area contributed by atoms with E-state index < -0.39 is 6.10 Å². The highest BCUT2D eigenvalue weighted by atomic mass is 16.3. The molecule has 3 unspecified atom stereocenters. The summed E-state index contributed by atoms with van der Waals surface area (Å²) in [6, 6.07) is 0.258. The number of rotatable bonds is 4. The molecule has 1 aliphatic rings. The fourth-order valence-electron chi connectivity index (χ4n) is 1.71. The molecule has 1 saturated heterocycles.